The second kappa shape index (κ2) is 4.88. The molecule has 0 N–H and O–H groups in total. The predicted octanol–water partition coefficient (Wildman–Crippen LogP) is 2.26. The van der Waals surface area contributed by atoms with Crippen LogP contribution in [0.4, 0.5) is 5.69 Å². The number of likely N-dealkylation sites (N-methyl/N-ethyl adjacent to an activating group) is 1. The van der Waals surface area contributed by atoms with Gasteiger partial charge in [-0.25, -0.2) is 0 Å². The number of carbonyl (C=O) groups is 1. The molecule has 1 aliphatic heterocycles. The first-order chi connectivity index (χ1) is 8.13. The Morgan fingerprint density at radius 2 is 1.94 bits per heavy atom. The maximum atomic E-state index is 12.2. The summed E-state index contributed by atoms with van der Waals surface area (Å²) in [7, 11) is 0. The lowest BCUT2D eigenvalue weighted by Crippen LogP contribution is -2.39. The maximum absolute atomic E-state index is 12.2. The number of para-hydroxylation sites is 1. The number of amides is 1. The van der Waals surface area contributed by atoms with Gasteiger partial charge in [-0.2, -0.15) is 0 Å². The molecule has 0 bridgehead atoms. The molecule has 3 nitrogen and oxygen atoms in total. The zero-order chi connectivity index (χ0) is 12.4. The Morgan fingerprint density at radius 3 is 2.59 bits per heavy atom. The minimum atomic E-state index is 0.200. The van der Waals surface area contributed by atoms with Gasteiger partial charge in [0.05, 0.1) is 6.54 Å². The van der Waals surface area contributed by atoms with E-state index in [2.05, 4.69) is 24.8 Å². The molecule has 0 aliphatic carbocycles. The fourth-order valence-corrected chi connectivity index (χ4v) is 2.29. The molecule has 1 aromatic rings. The van der Waals surface area contributed by atoms with Gasteiger partial charge in [0, 0.05) is 24.8 Å². The van der Waals surface area contributed by atoms with Gasteiger partial charge in [-0.05, 0) is 32.4 Å². The minimum Gasteiger partial charge on any atom is -0.311 e. The van der Waals surface area contributed by atoms with Crippen LogP contribution in [0.2, 0.25) is 0 Å². The highest BCUT2D eigenvalue weighted by atomic mass is 16.2. The molecule has 2 rings (SSSR count). The second-order valence-electron chi connectivity index (χ2n) is 4.77. The standard InChI is InChI=1S/C14H20N2O/c1-4-16-13-8-6-5-7-12(13)9-15(11(2)3)10-14(16)17/h5-8,11H,4,9-10H2,1-3H3. The van der Waals surface area contributed by atoms with Gasteiger partial charge in [0.25, 0.3) is 0 Å². The van der Waals surface area contributed by atoms with Crippen LogP contribution in [0.1, 0.15) is 26.3 Å². The van der Waals surface area contributed by atoms with Gasteiger partial charge >= 0.3 is 0 Å². The maximum Gasteiger partial charge on any atom is 0.241 e. The highest BCUT2D eigenvalue weighted by Gasteiger charge is 2.25. The van der Waals surface area contributed by atoms with E-state index in [4.69, 9.17) is 0 Å². The zero-order valence-electron chi connectivity index (χ0n) is 10.8. The Bertz CT molecular complexity index is 414. The molecule has 1 aromatic carbocycles. The van der Waals surface area contributed by atoms with E-state index in [9.17, 15) is 4.79 Å². The smallest absolute Gasteiger partial charge is 0.241 e. The fourth-order valence-electron chi connectivity index (χ4n) is 2.29. The minimum absolute atomic E-state index is 0.200. The van der Waals surface area contributed by atoms with E-state index in [1.807, 2.05) is 30.0 Å². The van der Waals surface area contributed by atoms with E-state index in [-0.39, 0.29) is 5.91 Å². The van der Waals surface area contributed by atoms with Crippen molar-refractivity contribution in [3.8, 4) is 0 Å². The average Bonchev–Trinajstić information content (AvgIpc) is 2.44. The summed E-state index contributed by atoms with van der Waals surface area (Å²) in [5.74, 6) is 0.200. The number of hydrogen-bond donors (Lipinski definition) is 0. The van der Waals surface area contributed by atoms with Gasteiger partial charge in [-0.3, -0.25) is 9.69 Å². The van der Waals surface area contributed by atoms with Crippen molar-refractivity contribution in [1.29, 1.82) is 0 Å². The summed E-state index contributed by atoms with van der Waals surface area (Å²) in [6.07, 6.45) is 0. The van der Waals surface area contributed by atoms with Crippen molar-refractivity contribution in [2.45, 2.75) is 33.4 Å². The largest absolute Gasteiger partial charge is 0.311 e. The normalized spacial score (nSPS) is 17.2. The third kappa shape index (κ3) is 2.34. The number of carbonyl (C=O) groups excluding carboxylic acids is 1. The Balaban J connectivity index is 2.41. The number of fused-ring (bicyclic) bond motifs is 1. The predicted molar refractivity (Wildman–Crippen MR) is 70.0 cm³/mol. The quantitative estimate of drug-likeness (QED) is 0.781. The highest BCUT2D eigenvalue weighted by molar-refractivity contribution is 5.96. The topological polar surface area (TPSA) is 23.6 Å². The van der Waals surface area contributed by atoms with Crippen molar-refractivity contribution in [3.63, 3.8) is 0 Å². The molecule has 1 aliphatic rings. The van der Waals surface area contributed by atoms with Crippen LogP contribution < -0.4 is 4.90 Å². The highest BCUT2D eigenvalue weighted by Crippen LogP contribution is 2.25. The molecule has 92 valence electrons. The molecule has 0 radical (unpaired) electrons. The van der Waals surface area contributed by atoms with Crippen molar-refractivity contribution in [2.75, 3.05) is 18.0 Å². The van der Waals surface area contributed by atoms with Gasteiger partial charge in [0.2, 0.25) is 5.91 Å². The average molecular weight is 232 g/mol. The van der Waals surface area contributed by atoms with Crippen molar-refractivity contribution in [2.24, 2.45) is 0 Å². The first-order valence-corrected chi connectivity index (χ1v) is 6.25. The molecule has 1 amide bonds. The van der Waals surface area contributed by atoms with Crippen molar-refractivity contribution in [3.05, 3.63) is 29.8 Å². The van der Waals surface area contributed by atoms with Crippen LogP contribution in [-0.4, -0.2) is 29.9 Å². The summed E-state index contributed by atoms with van der Waals surface area (Å²) >= 11 is 0. The van der Waals surface area contributed by atoms with E-state index in [1.165, 1.54) is 5.56 Å². The molecular formula is C14H20N2O. The first kappa shape index (κ1) is 12.1. The van der Waals surface area contributed by atoms with Crippen LogP contribution >= 0.6 is 0 Å². The van der Waals surface area contributed by atoms with Gasteiger partial charge < -0.3 is 4.90 Å². The molecule has 0 saturated carbocycles. The number of rotatable bonds is 2. The van der Waals surface area contributed by atoms with E-state index in [0.29, 0.717) is 12.6 Å². The van der Waals surface area contributed by atoms with E-state index in [1.54, 1.807) is 0 Å². The van der Waals surface area contributed by atoms with Crippen molar-refractivity contribution >= 4 is 11.6 Å². The summed E-state index contributed by atoms with van der Waals surface area (Å²) in [6, 6.07) is 8.59. The van der Waals surface area contributed by atoms with Crippen molar-refractivity contribution < 1.29 is 4.79 Å². The summed E-state index contributed by atoms with van der Waals surface area (Å²) in [4.78, 5) is 16.3. The van der Waals surface area contributed by atoms with Crippen LogP contribution in [0, 0.1) is 0 Å². The Morgan fingerprint density at radius 1 is 1.24 bits per heavy atom. The van der Waals surface area contributed by atoms with Gasteiger partial charge in [0.1, 0.15) is 0 Å². The zero-order valence-corrected chi connectivity index (χ0v) is 10.8. The van der Waals surface area contributed by atoms with Crippen molar-refractivity contribution in [1.82, 2.24) is 4.90 Å². The molecule has 17 heavy (non-hydrogen) atoms. The molecule has 0 saturated heterocycles. The lowest BCUT2D eigenvalue weighted by atomic mass is 10.1. The molecule has 1 heterocycles. The number of hydrogen-bond acceptors (Lipinski definition) is 2. The summed E-state index contributed by atoms with van der Waals surface area (Å²) < 4.78 is 0. The summed E-state index contributed by atoms with van der Waals surface area (Å²) in [6.45, 7) is 8.41. The number of nitrogens with zero attached hydrogens (tertiary/aromatic N) is 2. The lowest BCUT2D eigenvalue weighted by Gasteiger charge is -2.23. The fraction of sp³-hybridized carbons (Fsp3) is 0.500. The van der Waals surface area contributed by atoms with E-state index >= 15 is 0 Å². The molecular weight excluding hydrogens is 212 g/mol. The first-order valence-electron chi connectivity index (χ1n) is 6.25. The summed E-state index contributed by atoms with van der Waals surface area (Å²) in [5.41, 5.74) is 2.32. The van der Waals surface area contributed by atoms with E-state index < -0.39 is 0 Å². The molecule has 0 fully saturated rings. The van der Waals surface area contributed by atoms with Gasteiger partial charge in [-0.15, -0.1) is 0 Å². The van der Waals surface area contributed by atoms with Crippen LogP contribution in [0.25, 0.3) is 0 Å². The van der Waals surface area contributed by atoms with Gasteiger partial charge in [-0.1, -0.05) is 18.2 Å². The van der Waals surface area contributed by atoms with Crippen LogP contribution in [0.3, 0.4) is 0 Å². The number of anilines is 1. The molecule has 3 heteroatoms. The Labute approximate surface area is 103 Å². The molecule has 0 aromatic heterocycles. The Hall–Kier alpha value is -1.35. The number of benzene rings is 1. The molecule has 0 atom stereocenters. The van der Waals surface area contributed by atoms with Crippen LogP contribution in [-0.2, 0) is 11.3 Å². The summed E-state index contributed by atoms with van der Waals surface area (Å²) in [5, 5.41) is 0. The van der Waals surface area contributed by atoms with Crippen LogP contribution in [0.15, 0.2) is 24.3 Å². The van der Waals surface area contributed by atoms with Gasteiger partial charge in [0.15, 0.2) is 0 Å². The molecule has 0 spiro atoms. The third-order valence-electron chi connectivity index (χ3n) is 3.34. The SMILES string of the molecule is CCN1C(=O)CN(C(C)C)Cc2ccccc21. The Kier molecular flexibility index (Phi) is 3.48. The van der Waals surface area contributed by atoms with E-state index in [0.717, 1.165) is 18.8 Å². The third-order valence-corrected chi connectivity index (χ3v) is 3.34. The van der Waals surface area contributed by atoms with Crippen LogP contribution in [0.5, 0.6) is 0 Å². The molecule has 0 unspecified atom stereocenters. The monoisotopic (exact) mass is 232 g/mol. The second-order valence-corrected chi connectivity index (χ2v) is 4.77. The lowest BCUT2D eigenvalue weighted by molar-refractivity contribution is -0.120.